The van der Waals surface area contributed by atoms with Gasteiger partial charge in [0.05, 0.1) is 5.56 Å². The summed E-state index contributed by atoms with van der Waals surface area (Å²) in [6, 6.07) is 19.7. The quantitative estimate of drug-likeness (QED) is 0.653. The summed E-state index contributed by atoms with van der Waals surface area (Å²) in [5, 5.41) is 12.1. The van der Waals surface area contributed by atoms with Gasteiger partial charge in [-0.3, -0.25) is 0 Å². The van der Waals surface area contributed by atoms with Gasteiger partial charge in [-0.25, -0.2) is 4.39 Å². The number of halogens is 2. The van der Waals surface area contributed by atoms with Crippen LogP contribution >= 0.6 is 0 Å². The van der Waals surface area contributed by atoms with Crippen LogP contribution in [0.4, 0.5) is 4.39 Å². The Labute approximate surface area is 146 Å². The Bertz CT molecular complexity index is 761. The lowest BCUT2D eigenvalue weighted by atomic mass is 10.1. The molecule has 0 aliphatic heterocycles. The van der Waals surface area contributed by atoms with Crippen molar-refractivity contribution in [3.63, 3.8) is 0 Å². The maximum atomic E-state index is 13.7. The third kappa shape index (κ3) is 4.45. The zero-order valence-electron chi connectivity index (χ0n) is 13.0. The molecule has 3 aromatic rings. The molecule has 0 saturated carbocycles. The highest BCUT2D eigenvalue weighted by Gasteiger charge is 2.12. The van der Waals surface area contributed by atoms with Crippen LogP contribution in [0.1, 0.15) is 17.4 Å². The molecule has 3 N–H and O–H groups in total. The second-order valence-electron chi connectivity index (χ2n) is 5.40. The second-order valence-corrected chi connectivity index (χ2v) is 5.40. The molecule has 1 heterocycles. The third-order valence-corrected chi connectivity index (χ3v) is 3.72. The van der Waals surface area contributed by atoms with E-state index in [1.165, 1.54) is 6.07 Å². The van der Waals surface area contributed by atoms with Gasteiger partial charge < -0.3 is 27.2 Å². The van der Waals surface area contributed by atoms with Crippen molar-refractivity contribution >= 4 is 0 Å². The average molecular weight is 348 g/mol. The molecule has 0 fully saturated rings. The van der Waals surface area contributed by atoms with Gasteiger partial charge in [0.2, 0.25) is 0 Å². The van der Waals surface area contributed by atoms with Crippen LogP contribution in [-0.2, 0) is 6.54 Å². The SMILES string of the molecule is OC(C[NH2+]Cc1ccc(-c2ccccc2F)o1)c1ccccc1.[Cl-]. The largest absolute Gasteiger partial charge is 1.00 e. The molecule has 0 spiro atoms. The summed E-state index contributed by atoms with van der Waals surface area (Å²) < 4.78 is 19.4. The van der Waals surface area contributed by atoms with E-state index < -0.39 is 6.10 Å². The van der Waals surface area contributed by atoms with Crippen LogP contribution in [0.5, 0.6) is 0 Å². The Balaban J connectivity index is 0.00000208. The smallest absolute Gasteiger partial charge is 0.158 e. The Morgan fingerprint density at radius 2 is 1.67 bits per heavy atom. The topological polar surface area (TPSA) is 50.0 Å². The molecule has 0 amide bonds. The van der Waals surface area contributed by atoms with E-state index in [1.807, 2.05) is 41.7 Å². The molecular formula is C19H19ClFNO2. The Hall–Kier alpha value is -2.14. The van der Waals surface area contributed by atoms with Crippen molar-refractivity contribution in [3.8, 4) is 11.3 Å². The predicted molar refractivity (Wildman–Crippen MR) is 86.0 cm³/mol. The first-order valence-corrected chi connectivity index (χ1v) is 7.62. The zero-order valence-corrected chi connectivity index (χ0v) is 13.8. The minimum atomic E-state index is -0.516. The van der Waals surface area contributed by atoms with Crippen LogP contribution in [0.15, 0.2) is 71.1 Å². The highest BCUT2D eigenvalue weighted by Crippen LogP contribution is 2.24. The van der Waals surface area contributed by atoms with Crippen LogP contribution in [0.25, 0.3) is 11.3 Å². The van der Waals surface area contributed by atoms with E-state index >= 15 is 0 Å². The molecule has 0 aliphatic carbocycles. The van der Waals surface area contributed by atoms with E-state index in [4.69, 9.17) is 4.42 Å². The third-order valence-electron chi connectivity index (χ3n) is 3.72. The zero-order chi connectivity index (χ0) is 16.1. The number of nitrogens with two attached hydrogens (primary N) is 1. The fourth-order valence-corrected chi connectivity index (χ4v) is 2.49. The monoisotopic (exact) mass is 347 g/mol. The van der Waals surface area contributed by atoms with Gasteiger partial charge in [-0.1, -0.05) is 42.5 Å². The average Bonchev–Trinajstić information content (AvgIpc) is 3.04. The number of aliphatic hydroxyl groups excluding tert-OH is 1. The van der Waals surface area contributed by atoms with Gasteiger partial charge in [-0.2, -0.15) is 0 Å². The van der Waals surface area contributed by atoms with Crippen LogP contribution in [0.3, 0.4) is 0 Å². The van der Waals surface area contributed by atoms with E-state index in [1.54, 1.807) is 24.3 Å². The molecule has 5 heteroatoms. The lowest BCUT2D eigenvalue weighted by Crippen LogP contribution is -3.00. The molecule has 24 heavy (non-hydrogen) atoms. The molecule has 3 rings (SSSR count). The molecule has 0 radical (unpaired) electrons. The molecule has 0 aliphatic rings. The fourth-order valence-electron chi connectivity index (χ4n) is 2.49. The van der Waals surface area contributed by atoms with E-state index in [0.29, 0.717) is 24.4 Å². The van der Waals surface area contributed by atoms with E-state index in [9.17, 15) is 9.50 Å². The normalized spacial score (nSPS) is 11.8. The fraction of sp³-hybridized carbons (Fsp3) is 0.158. The molecule has 1 atom stereocenters. The van der Waals surface area contributed by atoms with Crippen LogP contribution in [-0.4, -0.2) is 11.7 Å². The molecule has 1 aromatic heterocycles. The standard InChI is InChI=1S/C19H18FNO2.ClH/c20-17-9-5-4-8-16(17)19-11-10-15(23-19)12-21-13-18(22)14-6-2-1-3-7-14;/h1-11,18,21-22H,12-13H2;1H. The van der Waals surface area contributed by atoms with Crippen molar-refractivity contribution in [2.75, 3.05) is 6.54 Å². The first-order chi connectivity index (χ1) is 11.2. The summed E-state index contributed by atoms with van der Waals surface area (Å²) in [6.07, 6.45) is -0.516. The van der Waals surface area contributed by atoms with Crippen molar-refractivity contribution in [2.45, 2.75) is 12.6 Å². The second kappa shape index (κ2) is 8.64. The summed E-state index contributed by atoms with van der Waals surface area (Å²) >= 11 is 0. The molecule has 126 valence electrons. The number of hydrogen-bond acceptors (Lipinski definition) is 2. The van der Waals surface area contributed by atoms with E-state index in [2.05, 4.69) is 0 Å². The number of rotatable bonds is 6. The highest BCUT2D eigenvalue weighted by molar-refractivity contribution is 5.58. The summed E-state index contributed by atoms with van der Waals surface area (Å²) in [5.74, 6) is 0.982. The first kappa shape index (κ1) is 18.2. The molecule has 1 unspecified atom stereocenters. The van der Waals surface area contributed by atoms with Gasteiger partial charge in [0.1, 0.15) is 30.8 Å². The molecule has 2 aromatic carbocycles. The van der Waals surface area contributed by atoms with Gasteiger partial charge in [0, 0.05) is 0 Å². The number of benzene rings is 2. The maximum Gasteiger partial charge on any atom is 0.158 e. The molecular weight excluding hydrogens is 329 g/mol. The minimum Gasteiger partial charge on any atom is -1.00 e. The number of hydrogen-bond donors (Lipinski definition) is 2. The van der Waals surface area contributed by atoms with Crippen molar-refractivity contribution in [2.24, 2.45) is 0 Å². The number of quaternary nitrogens is 1. The summed E-state index contributed by atoms with van der Waals surface area (Å²) in [5.41, 5.74) is 1.36. The van der Waals surface area contributed by atoms with Gasteiger partial charge in [0.25, 0.3) is 0 Å². The van der Waals surface area contributed by atoms with Crippen molar-refractivity contribution < 1.29 is 31.6 Å². The van der Waals surface area contributed by atoms with Gasteiger partial charge in [0.15, 0.2) is 5.76 Å². The van der Waals surface area contributed by atoms with Crippen molar-refractivity contribution in [1.29, 1.82) is 0 Å². The maximum absolute atomic E-state index is 13.7. The summed E-state index contributed by atoms with van der Waals surface area (Å²) in [4.78, 5) is 0. The van der Waals surface area contributed by atoms with Gasteiger partial charge in [-0.05, 0) is 29.8 Å². The number of furan rings is 1. The lowest BCUT2D eigenvalue weighted by Gasteiger charge is -2.08. The lowest BCUT2D eigenvalue weighted by molar-refractivity contribution is -0.679. The summed E-state index contributed by atoms with van der Waals surface area (Å²) in [6.45, 7) is 1.14. The van der Waals surface area contributed by atoms with Crippen LogP contribution in [0, 0.1) is 5.82 Å². The van der Waals surface area contributed by atoms with Gasteiger partial charge in [-0.15, -0.1) is 0 Å². The molecule has 0 bridgehead atoms. The highest BCUT2D eigenvalue weighted by atomic mass is 35.5. The Morgan fingerprint density at radius 1 is 0.958 bits per heavy atom. The molecule has 3 nitrogen and oxygen atoms in total. The summed E-state index contributed by atoms with van der Waals surface area (Å²) in [7, 11) is 0. The Morgan fingerprint density at radius 3 is 2.42 bits per heavy atom. The van der Waals surface area contributed by atoms with Crippen molar-refractivity contribution in [3.05, 3.63) is 83.9 Å². The minimum absolute atomic E-state index is 0. The molecule has 0 saturated heterocycles. The van der Waals surface area contributed by atoms with Crippen LogP contribution < -0.4 is 17.7 Å². The predicted octanol–water partition coefficient (Wildman–Crippen LogP) is -0.113. The van der Waals surface area contributed by atoms with Crippen molar-refractivity contribution in [1.82, 2.24) is 0 Å². The van der Waals surface area contributed by atoms with E-state index in [0.717, 1.165) is 11.3 Å². The number of aliphatic hydroxyl groups is 1. The van der Waals surface area contributed by atoms with Gasteiger partial charge >= 0.3 is 0 Å². The Kier molecular flexibility index (Phi) is 6.55. The van der Waals surface area contributed by atoms with Crippen LogP contribution in [0.2, 0.25) is 0 Å². The van der Waals surface area contributed by atoms with E-state index in [-0.39, 0.29) is 18.2 Å². The first-order valence-electron chi connectivity index (χ1n) is 7.62.